The van der Waals surface area contributed by atoms with Gasteiger partial charge in [0.15, 0.2) is 5.76 Å². The summed E-state index contributed by atoms with van der Waals surface area (Å²) < 4.78 is 48.5. The van der Waals surface area contributed by atoms with E-state index in [0.29, 0.717) is 5.56 Å². The molecule has 0 aliphatic rings. The molecular formula is C17H13ClFNO5S. The smallest absolute Gasteiger partial charge is 0.313 e. The van der Waals surface area contributed by atoms with E-state index >= 15 is 0 Å². The molecule has 0 saturated heterocycles. The molecule has 26 heavy (non-hydrogen) atoms. The molecule has 1 aromatic heterocycles. The second-order valence-electron chi connectivity index (χ2n) is 5.34. The second-order valence-corrected chi connectivity index (χ2v) is 7.32. The minimum Gasteiger partial charge on any atom is -0.501 e. The molecule has 0 bridgehead atoms. The molecule has 9 heteroatoms. The molecule has 1 heterocycles. The summed E-state index contributed by atoms with van der Waals surface area (Å²) in [6.45, 7) is 0. The van der Waals surface area contributed by atoms with Crippen LogP contribution in [-0.2, 0) is 15.9 Å². The van der Waals surface area contributed by atoms with Crippen molar-refractivity contribution in [3.63, 3.8) is 0 Å². The third-order valence-electron chi connectivity index (χ3n) is 3.45. The van der Waals surface area contributed by atoms with E-state index in [1.54, 1.807) is 30.3 Å². The summed E-state index contributed by atoms with van der Waals surface area (Å²) in [5, 5.41) is 10.2. The van der Waals surface area contributed by atoms with Crippen molar-refractivity contribution in [3.8, 4) is 22.8 Å². The fourth-order valence-corrected chi connectivity index (χ4v) is 3.65. The molecule has 0 unspecified atom stereocenters. The van der Waals surface area contributed by atoms with Gasteiger partial charge in [-0.25, -0.2) is 4.39 Å². The summed E-state index contributed by atoms with van der Waals surface area (Å²) in [5.74, 6) is -3.54. The highest BCUT2D eigenvalue weighted by atomic mass is 35.5. The quantitative estimate of drug-likeness (QED) is 0.632. The first-order valence-electron chi connectivity index (χ1n) is 7.30. The van der Waals surface area contributed by atoms with Gasteiger partial charge in [0.2, 0.25) is 17.4 Å². The van der Waals surface area contributed by atoms with Gasteiger partial charge in [0.05, 0.1) is 10.6 Å². The molecule has 3 N–H and O–H groups in total. The average molecular weight is 398 g/mol. The van der Waals surface area contributed by atoms with E-state index in [4.69, 9.17) is 25.9 Å². The fraction of sp³-hybridized carbons (Fsp3) is 0.0588. The van der Waals surface area contributed by atoms with Gasteiger partial charge in [0, 0.05) is 0 Å². The largest absolute Gasteiger partial charge is 0.501 e. The van der Waals surface area contributed by atoms with Crippen molar-refractivity contribution in [3.05, 3.63) is 64.9 Å². The van der Waals surface area contributed by atoms with E-state index in [2.05, 4.69) is 0 Å². The molecule has 0 fully saturated rings. The number of halogens is 2. The monoisotopic (exact) mass is 397 g/mol. The maximum absolute atomic E-state index is 14.0. The molecule has 0 aliphatic heterocycles. The summed E-state index contributed by atoms with van der Waals surface area (Å²) in [6, 6.07) is 12.1. The van der Waals surface area contributed by atoms with Gasteiger partial charge in [-0.3, -0.25) is 0 Å². The highest BCUT2D eigenvalue weighted by molar-refractivity contribution is 7.86. The van der Waals surface area contributed by atoms with Crippen molar-refractivity contribution < 1.29 is 26.5 Å². The van der Waals surface area contributed by atoms with Crippen LogP contribution in [0.5, 0.6) is 11.5 Å². The van der Waals surface area contributed by atoms with Crippen LogP contribution in [0, 0.1) is 5.82 Å². The van der Waals surface area contributed by atoms with E-state index in [-0.39, 0.29) is 10.6 Å². The van der Waals surface area contributed by atoms with E-state index in [1.165, 1.54) is 12.1 Å². The third-order valence-corrected chi connectivity index (χ3v) is 4.87. The van der Waals surface area contributed by atoms with Gasteiger partial charge in [-0.1, -0.05) is 48.0 Å². The molecule has 6 nitrogen and oxygen atoms in total. The molecule has 136 valence electrons. The summed E-state index contributed by atoms with van der Waals surface area (Å²) >= 11 is 5.93. The van der Waals surface area contributed by atoms with Crippen LogP contribution < -0.4 is 9.92 Å². The van der Waals surface area contributed by atoms with Gasteiger partial charge in [-0.15, -0.1) is 0 Å². The number of anilines is 1. The zero-order chi connectivity index (χ0) is 18.9. The summed E-state index contributed by atoms with van der Waals surface area (Å²) in [4.78, 5) is 0. The predicted octanol–water partition coefficient (Wildman–Crippen LogP) is 3.94. The molecule has 0 radical (unpaired) electrons. The van der Waals surface area contributed by atoms with Gasteiger partial charge in [-0.05, 0) is 17.7 Å². The van der Waals surface area contributed by atoms with Crippen LogP contribution in [0.4, 0.5) is 10.3 Å². The lowest BCUT2D eigenvalue weighted by Crippen LogP contribution is -2.12. The van der Waals surface area contributed by atoms with E-state index in [0.717, 1.165) is 6.07 Å². The number of nitrogens with two attached hydrogens (primary N) is 1. The Morgan fingerprint density at radius 3 is 2.50 bits per heavy atom. The SMILES string of the molecule is Nc1oc(-c2c(F)cccc2Cl)c(O)c1OS(=O)(=O)Cc1ccccc1. The molecule has 0 spiro atoms. The minimum absolute atomic E-state index is 0.0484. The van der Waals surface area contributed by atoms with Crippen molar-refractivity contribution in [1.82, 2.24) is 0 Å². The Balaban J connectivity index is 1.96. The maximum atomic E-state index is 14.0. The first kappa shape index (κ1) is 18.1. The Labute approximate surface area is 153 Å². The number of nitrogen functional groups attached to an aromatic ring is 1. The lowest BCUT2D eigenvalue weighted by atomic mass is 10.1. The number of benzene rings is 2. The molecule has 0 saturated carbocycles. The Morgan fingerprint density at radius 1 is 1.15 bits per heavy atom. The van der Waals surface area contributed by atoms with Crippen LogP contribution in [0.3, 0.4) is 0 Å². The van der Waals surface area contributed by atoms with Crippen molar-refractivity contribution in [2.45, 2.75) is 5.75 Å². The number of hydrogen-bond donors (Lipinski definition) is 2. The van der Waals surface area contributed by atoms with E-state index in [9.17, 15) is 17.9 Å². The lowest BCUT2D eigenvalue weighted by molar-refractivity contribution is 0.432. The Bertz CT molecular complexity index is 1030. The normalized spacial score (nSPS) is 11.5. The Kier molecular flexibility index (Phi) is 4.80. The topological polar surface area (TPSA) is 103 Å². The van der Waals surface area contributed by atoms with Gasteiger partial charge in [0.1, 0.15) is 11.6 Å². The summed E-state index contributed by atoms with van der Waals surface area (Å²) in [6.07, 6.45) is 0. The number of rotatable bonds is 5. The van der Waals surface area contributed by atoms with Crippen molar-refractivity contribution in [2.75, 3.05) is 5.73 Å². The zero-order valence-corrected chi connectivity index (χ0v) is 14.7. The molecule has 2 aromatic carbocycles. The number of aromatic hydroxyl groups is 1. The molecule has 3 aromatic rings. The van der Waals surface area contributed by atoms with Crippen LogP contribution in [-0.4, -0.2) is 13.5 Å². The highest BCUT2D eigenvalue weighted by Crippen LogP contribution is 2.47. The van der Waals surface area contributed by atoms with E-state index in [1.807, 2.05) is 0 Å². The summed E-state index contributed by atoms with van der Waals surface area (Å²) in [7, 11) is -4.15. The standard InChI is InChI=1S/C17H13ClFNO5S/c18-11-7-4-8-12(19)13(11)15-14(21)16(17(20)24-15)25-26(22,23)9-10-5-2-1-3-6-10/h1-8,21H,9,20H2. The second kappa shape index (κ2) is 6.89. The van der Waals surface area contributed by atoms with E-state index < -0.39 is 44.8 Å². The first-order chi connectivity index (χ1) is 12.3. The van der Waals surface area contributed by atoms with Crippen LogP contribution in [0.1, 0.15) is 5.56 Å². The summed E-state index contributed by atoms with van der Waals surface area (Å²) in [5.41, 5.74) is 5.82. The fourth-order valence-electron chi connectivity index (χ4n) is 2.32. The molecule has 3 rings (SSSR count). The highest BCUT2D eigenvalue weighted by Gasteiger charge is 2.28. The Hall–Kier alpha value is -2.71. The molecule has 0 aliphatic carbocycles. The maximum Gasteiger partial charge on any atom is 0.313 e. The number of furan rings is 1. The van der Waals surface area contributed by atoms with Gasteiger partial charge < -0.3 is 19.4 Å². The molecule has 0 amide bonds. The number of hydrogen-bond acceptors (Lipinski definition) is 6. The van der Waals surface area contributed by atoms with Crippen molar-refractivity contribution in [2.24, 2.45) is 0 Å². The van der Waals surface area contributed by atoms with Gasteiger partial charge >= 0.3 is 10.1 Å². The van der Waals surface area contributed by atoms with Crippen molar-refractivity contribution >= 4 is 27.6 Å². The minimum atomic E-state index is -4.15. The Morgan fingerprint density at radius 2 is 1.85 bits per heavy atom. The third kappa shape index (κ3) is 3.61. The average Bonchev–Trinajstić information content (AvgIpc) is 2.83. The van der Waals surface area contributed by atoms with Crippen molar-refractivity contribution in [1.29, 1.82) is 0 Å². The van der Waals surface area contributed by atoms with Crippen LogP contribution >= 0.6 is 11.6 Å². The predicted molar refractivity (Wildman–Crippen MR) is 94.9 cm³/mol. The zero-order valence-electron chi connectivity index (χ0n) is 13.1. The van der Waals surface area contributed by atoms with Crippen LogP contribution in [0.25, 0.3) is 11.3 Å². The van der Waals surface area contributed by atoms with Crippen LogP contribution in [0.15, 0.2) is 52.9 Å². The molecule has 0 atom stereocenters. The van der Waals surface area contributed by atoms with Gasteiger partial charge in [-0.2, -0.15) is 8.42 Å². The van der Waals surface area contributed by atoms with Gasteiger partial charge in [0.25, 0.3) is 0 Å². The molecular weight excluding hydrogens is 385 g/mol. The lowest BCUT2D eigenvalue weighted by Gasteiger charge is -2.06. The van der Waals surface area contributed by atoms with Crippen LogP contribution in [0.2, 0.25) is 5.02 Å². The first-order valence-corrected chi connectivity index (χ1v) is 9.25.